The summed E-state index contributed by atoms with van der Waals surface area (Å²) in [5, 5.41) is 4.83. The van der Waals surface area contributed by atoms with Crippen LogP contribution in [0.4, 0.5) is 14.5 Å². The minimum absolute atomic E-state index is 0. The molecule has 1 heterocycles. The minimum Gasteiger partial charge on any atom is -0.346 e. The standard InChI is InChI=1S/C13H15F2N3O2.ClH/c14-13(15,6-16)7-17-12(20)9-1-3-10-8(5-9)2-4-11(19)18-10;/h1,3,5H,2,4,6-7,16H2,(H,17,20)(H,18,19);1H. The van der Waals surface area contributed by atoms with Crippen LogP contribution in [0, 0.1) is 0 Å². The molecule has 2 amide bonds. The highest BCUT2D eigenvalue weighted by molar-refractivity contribution is 5.97. The molecular formula is C13H16ClF2N3O2. The molecule has 0 saturated carbocycles. The molecule has 0 bridgehead atoms. The molecule has 5 nitrogen and oxygen atoms in total. The number of fused-ring (bicyclic) bond motifs is 1. The minimum atomic E-state index is -3.11. The second-order valence-electron chi connectivity index (χ2n) is 4.66. The van der Waals surface area contributed by atoms with Gasteiger partial charge in [0.15, 0.2) is 0 Å². The van der Waals surface area contributed by atoms with Crippen molar-refractivity contribution in [3.63, 3.8) is 0 Å². The number of benzene rings is 1. The fraction of sp³-hybridized carbons (Fsp3) is 0.385. The second-order valence-corrected chi connectivity index (χ2v) is 4.66. The van der Waals surface area contributed by atoms with Gasteiger partial charge in [0.05, 0.1) is 13.1 Å². The maximum Gasteiger partial charge on any atom is 0.277 e. The lowest BCUT2D eigenvalue weighted by Gasteiger charge is -2.18. The molecule has 0 fully saturated rings. The van der Waals surface area contributed by atoms with Crippen molar-refractivity contribution >= 4 is 29.9 Å². The molecule has 8 heteroatoms. The molecule has 0 spiro atoms. The molecule has 116 valence electrons. The number of hydrogen-bond acceptors (Lipinski definition) is 3. The first-order valence-electron chi connectivity index (χ1n) is 6.20. The lowest BCUT2D eigenvalue weighted by Crippen LogP contribution is -2.41. The predicted octanol–water partition coefficient (Wildman–Crippen LogP) is 1.32. The van der Waals surface area contributed by atoms with Gasteiger partial charge in [0.25, 0.3) is 11.8 Å². The number of amides is 2. The summed E-state index contributed by atoms with van der Waals surface area (Å²) in [6.07, 6.45) is 0.880. The summed E-state index contributed by atoms with van der Waals surface area (Å²) in [4.78, 5) is 23.0. The summed E-state index contributed by atoms with van der Waals surface area (Å²) >= 11 is 0. The van der Waals surface area contributed by atoms with E-state index in [1.54, 1.807) is 12.1 Å². The Morgan fingerprint density at radius 2 is 2.10 bits per heavy atom. The van der Waals surface area contributed by atoms with Crippen LogP contribution in [0.2, 0.25) is 0 Å². The Hall–Kier alpha value is -1.73. The van der Waals surface area contributed by atoms with Crippen LogP contribution in [0.15, 0.2) is 18.2 Å². The van der Waals surface area contributed by atoms with E-state index in [1.165, 1.54) is 6.07 Å². The molecule has 0 aliphatic carbocycles. The number of aryl methyl sites for hydroxylation is 1. The summed E-state index contributed by atoms with van der Waals surface area (Å²) in [6, 6.07) is 4.69. The Bertz CT molecular complexity index is 552. The highest BCUT2D eigenvalue weighted by Crippen LogP contribution is 2.23. The summed E-state index contributed by atoms with van der Waals surface area (Å²) < 4.78 is 25.9. The van der Waals surface area contributed by atoms with Crippen molar-refractivity contribution in [2.24, 2.45) is 5.73 Å². The Kier molecular flexibility index (Phi) is 5.62. The van der Waals surface area contributed by atoms with Crippen molar-refractivity contribution < 1.29 is 18.4 Å². The quantitative estimate of drug-likeness (QED) is 0.782. The predicted molar refractivity (Wildman–Crippen MR) is 77.0 cm³/mol. The molecule has 1 aromatic carbocycles. The zero-order chi connectivity index (χ0) is 14.8. The average molecular weight is 320 g/mol. The van der Waals surface area contributed by atoms with E-state index in [1.807, 2.05) is 0 Å². The molecule has 1 aromatic rings. The first-order valence-corrected chi connectivity index (χ1v) is 6.20. The van der Waals surface area contributed by atoms with E-state index in [9.17, 15) is 18.4 Å². The van der Waals surface area contributed by atoms with Gasteiger partial charge < -0.3 is 16.4 Å². The van der Waals surface area contributed by atoms with Crippen LogP contribution in [0.5, 0.6) is 0 Å². The fourth-order valence-corrected chi connectivity index (χ4v) is 1.91. The highest BCUT2D eigenvalue weighted by Gasteiger charge is 2.27. The second kappa shape index (κ2) is 6.82. The van der Waals surface area contributed by atoms with Gasteiger partial charge in [-0.3, -0.25) is 9.59 Å². The molecule has 1 aliphatic rings. The van der Waals surface area contributed by atoms with Crippen LogP contribution in [-0.4, -0.2) is 30.8 Å². The third kappa shape index (κ3) is 4.37. The van der Waals surface area contributed by atoms with Gasteiger partial charge in [-0.05, 0) is 30.2 Å². The van der Waals surface area contributed by atoms with Crippen LogP contribution < -0.4 is 16.4 Å². The number of rotatable bonds is 4. The molecule has 1 aliphatic heterocycles. The Balaban J connectivity index is 0.00000220. The zero-order valence-corrected chi connectivity index (χ0v) is 11.9. The van der Waals surface area contributed by atoms with Crippen LogP contribution in [-0.2, 0) is 11.2 Å². The summed E-state index contributed by atoms with van der Waals surface area (Å²) in [7, 11) is 0. The lowest BCUT2D eigenvalue weighted by atomic mass is 10.00. The molecule has 2 rings (SSSR count). The van der Waals surface area contributed by atoms with E-state index in [-0.39, 0.29) is 23.9 Å². The molecule has 0 aromatic heterocycles. The zero-order valence-electron chi connectivity index (χ0n) is 11.1. The number of alkyl halides is 2. The molecule has 0 radical (unpaired) electrons. The summed E-state index contributed by atoms with van der Waals surface area (Å²) in [6.45, 7) is -1.61. The topological polar surface area (TPSA) is 84.2 Å². The summed E-state index contributed by atoms with van der Waals surface area (Å²) in [5.41, 5.74) is 6.66. The van der Waals surface area contributed by atoms with Crippen molar-refractivity contribution in [1.29, 1.82) is 0 Å². The number of hydrogen-bond donors (Lipinski definition) is 3. The van der Waals surface area contributed by atoms with Crippen LogP contribution >= 0.6 is 12.4 Å². The maximum absolute atomic E-state index is 13.0. The van der Waals surface area contributed by atoms with Gasteiger partial charge in [-0.15, -0.1) is 12.4 Å². The Labute approximate surface area is 126 Å². The van der Waals surface area contributed by atoms with Gasteiger partial charge in [0, 0.05) is 17.7 Å². The highest BCUT2D eigenvalue weighted by atomic mass is 35.5. The maximum atomic E-state index is 13.0. The van der Waals surface area contributed by atoms with Gasteiger partial charge in [-0.1, -0.05) is 0 Å². The van der Waals surface area contributed by atoms with E-state index < -0.39 is 24.9 Å². The largest absolute Gasteiger partial charge is 0.346 e. The third-order valence-corrected chi connectivity index (χ3v) is 3.07. The van der Waals surface area contributed by atoms with Gasteiger partial charge in [0.1, 0.15) is 0 Å². The smallest absolute Gasteiger partial charge is 0.277 e. The molecule has 0 unspecified atom stereocenters. The molecule has 4 N–H and O–H groups in total. The first-order chi connectivity index (χ1) is 9.41. The van der Waals surface area contributed by atoms with Crippen LogP contribution in [0.25, 0.3) is 0 Å². The van der Waals surface area contributed by atoms with E-state index >= 15 is 0 Å². The van der Waals surface area contributed by atoms with E-state index in [2.05, 4.69) is 10.6 Å². The molecule has 0 atom stereocenters. The third-order valence-electron chi connectivity index (χ3n) is 3.07. The fourth-order valence-electron chi connectivity index (χ4n) is 1.91. The van der Waals surface area contributed by atoms with Crippen molar-refractivity contribution in [1.82, 2.24) is 5.32 Å². The van der Waals surface area contributed by atoms with Gasteiger partial charge in [0.2, 0.25) is 5.91 Å². The van der Waals surface area contributed by atoms with Crippen molar-refractivity contribution in [2.75, 3.05) is 18.4 Å². The van der Waals surface area contributed by atoms with Crippen molar-refractivity contribution in [3.8, 4) is 0 Å². The number of nitrogens with one attached hydrogen (secondary N) is 2. The van der Waals surface area contributed by atoms with Crippen molar-refractivity contribution in [3.05, 3.63) is 29.3 Å². The SMILES string of the molecule is Cl.NCC(F)(F)CNC(=O)c1ccc2c(c1)CCC(=O)N2. The number of anilines is 1. The molecule has 0 saturated heterocycles. The molecule has 21 heavy (non-hydrogen) atoms. The average Bonchev–Trinajstić information content (AvgIpc) is 2.44. The van der Waals surface area contributed by atoms with Crippen LogP contribution in [0.1, 0.15) is 22.3 Å². The Morgan fingerprint density at radius 1 is 1.38 bits per heavy atom. The van der Waals surface area contributed by atoms with Gasteiger partial charge >= 0.3 is 0 Å². The lowest BCUT2D eigenvalue weighted by molar-refractivity contribution is -0.116. The summed E-state index contributed by atoms with van der Waals surface area (Å²) in [5.74, 6) is -3.77. The van der Waals surface area contributed by atoms with E-state index in [0.717, 1.165) is 5.56 Å². The van der Waals surface area contributed by atoms with Crippen LogP contribution in [0.3, 0.4) is 0 Å². The monoisotopic (exact) mass is 319 g/mol. The van der Waals surface area contributed by atoms with Gasteiger partial charge in [-0.2, -0.15) is 0 Å². The van der Waals surface area contributed by atoms with E-state index in [0.29, 0.717) is 18.5 Å². The van der Waals surface area contributed by atoms with Crippen molar-refractivity contribution in [2.45, 2.75) is 18.8 Å². The number of nitrogens with two attached hydrogens (primary N) is 1. The first kappa shape index (κ1) is 17.3. The van der Waals surface area contributed by atoms with E-state index in [4.69, 9.17) is 5.73 Å². The number of carbonyl (C=O) groups excluding carboxylic acids is 2. The number of halogens is 3. The Morgan fingerprint density at radius 3 is 2.76 bits per heavy atom. The van der Waals surface area contributed by atoms with Gasteiger partial charge in [-0.25, -0.2) is 8.78 Å². The normalized spacial score (nSPS) is 13.8. The molecular weight excluding hydrogens is 304 g/mol. The number of carbonyl (C=O) groups is 2.